The second-order valence-electron chi connectivity index (χ2n) is 3.79. The maximum absolute atomic E-state index is 11.4. The summed E-state index contributed by atoms with van der Waals surface area (Å²) >= 11 is 0. The second kappa shape index (κ2) is 7.20. The van der Waals surface area contributed by atoms with Crippen LogP contribution in [0.5, 0.6) is 0 Å². The Bertz CT molecular complexity index is 466. The van der Waals surface area contributed by atoms with E-state index < -0.39 is 24.5 Å². The smallest absolute Gasteiger partial charge is 0.374 e. The lowest BCUT2D eigenvalue weighted by molar-refractivity contribution is -0.123. The molecule has 0 aromatic carbocycles. The quantitative estimate of drug-likeness (QED) is 0.776. The van der Waals surface area contributed by atoms with Crippen molar-refractivity contribution < 1.29 is 23.5 Å². The lowest BCUT2D eigenvalue weighted by Crippen LogP contribution is -2.41. The molecule has 1 rings (SSSR count). The normalized spacial score (nSPS) is 9.79. The molecule has 0 spiro atoms. The van der Waals surface area contributed by atoms with Crippen molar-refractivity contribution in [1.29, 1.82) is 0 Å². The Morgan fingerprint density at radius 2 is 2.05 bits per heavy atom. The second-order valence-corrected chi connectivity index (χ2v) is 3.79. The van der Waals surface area contributed by atoms with Crippen LogP contribution in [0.2, 0.25) is 0 Å². The Labute approximate surface area is 110 Å². The molecule has 0 aliphatic heterocycles. The van der Waals surface area contributed by atoms with Gasteiger partial charge < -0.3 is 14.5 Å². The van der Waals surface area contributed by atoms with Crippen molar-refractivity contribution in [1.82, 2.24) is 10.6 Å². The Kier molecular flexibility index (Phi) is 5.59. The third-order valence-electron chi connectivity index (χ3n) is 2.06. The monoisotopic (exact) mass is 268 g/mol. The molecule has 0 saturated heterocycles. The molecular weight excluding hydrogens is 252 g/mol. The van der Waals surface area contributed by atoms with Crippen LogP contribution in [0.25, 0.3) is 0 Å². The maximum Gasteiger partial charge on any atom is 0.374 e. The molecular formula is C12H16N2O5. The van der Waals surface area contributed by atoms with E-state index >= 15 is 0 Å². The topological polar surface area (TPSA) is 97.6 Å². The molecule has 1 aromatic heterocycles. The molecule has 2 N–H and O–H groups in total. The minimum atomic E-state index is -0.753. The zero-order valence-electron chi connectivity index (χ0n) is 10.8. The molecule has 7 nitrogen and oxygen atoms in total. The van der Waals surface area contributed by atoms with Crippen molar-refractivity contribution in [3.05, 3.63) is 23.7 Å². The summed E-state index contributed by atoms with van der Waals surface area (Å²) in [7, 11) is 0. The van der Waals surface area contributed by atoms with E-state index in [4.69, 9.17) is 4.42 Å². The summed E-state index contributed by atoms with van der Waals surface area (Å²) < 4.78 is 9.71. The number of carbonyl (C=O) groups excluding carboxylic acids is 3. The first-order valence-corrected chi connectivity index (χ1v) is 5.84. The zero-order valence-corrected chi connectivity index (χ0v) is 10.8. The summed E-state index contributed by atoms with van der Waals surface area (Å²) in [5.41, 5.74) is 0. The first-order valence-electron chi connectivity index (χ1n) is 5.84. The van der Waals surface area contributed by atoms with Gasteiger partial charge in [-0.15, -0.1) is 0 Å². The summed E-state index contributed by atoms with van der Waals surface area (Å²) in [5, 5.41) is 4.49. The number of esters is 1. The van der Waals surface area contributed by atoms with Gasteiger partial charge in [-0.05, 0) is 25.5 Å². The van der Waals surface area contributed by atoms with Crippen LogP contribution in [0.15, 0.2) is 16.5 Å². The van der Waals surface area contributed by atoms with E-state index in [1.165, 1.54) is 6.07 Å². The van der Waals surface area contributed by atoms with Crippen LogP contribution in [-0.4, -0.2) is 31.1 Å². The summed E-state index contributed by atoms with van der Waals surface area (Å²) in [6, 6.07) is 2.44. The van der Waals surface area contributed by atoms with E-state index in [-0.39, 0.29) is 5.76 Å². The van der Waals surface area contributed by atoms with Crippen LogP contribution in [0.1, 0.15) is 29.7 Å². The molecule has 1 heterocycles. The Hall–Kier alpha value is -2.31. The number of hydrogen-bond donors (Lipinski definition) is 2. The van der Waals surface area contributed by atoms with Gasteiger partial charge in [0.1, 0.15) is 5.76 Å². The highest BCUT2D eigenvalue weighted by atomic mass is 16.5. The van der Waals surface area contributed by atoms with Gasteiger partial charge in [0.15, 0.2) is 6.61 Å². The zero-order chi connectivity index (χ0) is 14.3. The number of furan rings is 1. The van der Waals surface area contributed by atoms with Gasteiger partial charge in [-0.2, -0.15) is 0 Å². The third kappa shape index (κ3) is 5.24. The van der Waals surface area contributed by atoms with Crippen molar-refractivity contribution in [3.8, 4) is 0 Å². The van der Waals surface area contributed by atoms with E-state index in [0.717, 1.165) is 6.42 Å². The Morgan fingerprint density at radius 3 is 2.63 bits per heavy atom. The lowest BCUT2D eigenvalue weighted by atomic mass is 10.4. The summed E-state index contributed by atoms with van der Waals surface area (Å²) in [4.78, 5) is 33.8. The van der Waals surface area contributed by atoms with Gasteiger partial charge in [0.25, 0.3) is 5.91 Å². The van der Waals surface area contributed by atoms with Gasteiger partial charge in [0, 0.05) is 6.54 Å². The fourth-order valence-electron chi connectivity index (χ4n) is 1.19. The SMILES string of the molecule is CCCNC(=O)NC(=O)COC(=O)c1ccc(C)o1. The maximum atomic E-state index is 11.4. The number of amides is 3. The number of imide groups is 1. The molecule has 7 heteroatoms. The van der Waals surface area contributed by atoms with Gasteiger partial charge in [0.05, 0.1) is 0 Å². The number of aryl methyl sites for hydroxylation is 1. The average molecular weight is 268 g/mol. The fraction of sp³-hybridized carbons (Fsp3) is 0.417. The van der Waals surface area contributed by atoms with Crippen LogP contribution < -0.4 is 10.6 Å². The minimum Gasteiger partial charge on any atom is -0.454 e. The number of rotatable bonds is 5. The molecule has 3 amide bonds. The molecule has 0 atom stereocenters. The van der Waals surface area contributed by atoms with Crippen LogP contribution in [-0.2, 0) is 9.53 Å². The largest absolute Gasteiger partial charge is 0.454 e. The highest BCUT2D eigenvalue weighted by molar-refractivity contribution is 5.96. The number of ether oxygens (including phenoxy) is 1. The molecule has 1 aromatic rings. The molecule has 104 valence electrons. The number of carbonyl (C=O) groups is 3. The van der Waals surface area contributed by atoms with Crippen LogP contribution in [0.4, 0.5) is 4.79 Å². The molecule has 19 heavy (non-hydrogen) atoms. The van der Waals surface area contributed by atoms with E-state index in [2.05, 4.69) is 10.1 Å². The van der Waals surface area contributed by atoms with E-state index in [9.17, 15) is 14.4 Å². The van der Waals surface area contributed by atoms with Crippen LogP contribution in [0, 0.1) is 6.92 Å². The summed E-state index contributed by atoms with van der Waals surface area (Å²) in [5.74, 6) is -0.876. The third-order valence-corrected chi connectivity index (χ3v) is 2.06. The molecule has 0 radical (unpaired) electrons. The van der Waals surface area contributed by atoms with Crippen LogP contribution in [0.3, 0.4) is 0 Å². The minimum absolute atomic E-state index is 0.0146. The molecule has 0 fully saturated rings. The molecule has 0 bridgehead atoms. The van der Waals surface area contributed by atoms with Gasteiger partial charge in [0.2, 0.25) is 5.76 Å². The highest BCUT2D eigenvalue weighted by Crippen LogP contribution is 2.07. The van der Waals surface area contributed by atoms with Crippen molar-refractivity contribution in [2.75, 3.05) is 13.2 Å². The number of urea groups is 1. The molecule has 0 aliphatic carbocycles. The molecule has 0 aliphatic rings. The van der Waals surface area contributed by atoms with Crippen molar-refractivity contribution >= 4 is 17.9 Å². The van der Waals surface area contributed by atoms with Gasteiger partial charge in [-0.1, -0.05) is 6.92 Å². The van der Waals surface area contributed by atoms with E-state index in [1.807, 2.05) is 12.2 Å². The van der Waals surface area contributed by atoms with Crippen molar-refractivity contribution in [2.24, 2.45) is 0 Å². The van der Waals surface area contributed by atoms with Gasteiger partial charge in [-0.3, -0.25) is 10.1 Å². The number of hydrogen-bond acceptors (Lipinski definition) is 5. The van der Waals surface area contributed by atoms with Gasteiger partial charge >= 0.3 is 12.0 Å². The average Bonchev–Trinajstić information content (AvgIpc) is 2.80. The highest BCUT2D eigenvalue weighted by Gasteiger charge is 2.14. The standard InChI is InChI=1S/C12H16N2O5/c1-3-6-13-12(17)14-10(15)7-18-11(16)9-5-4-8(2)19-9/h4-5H,3,6-7H2,1-2H3,(H2,13,14,15,17). The lowest BCUT2D eigenvalue weighted by Gasteiger charge is -2.05. The molecule has 0 unspecified atom stereocenters. The summed E-state index contributed by atoms with van der Waals surface area (Å²) in [6.07, 6.45) is 0.758. The first-order chi connectivity index (χ1) is 9.02. The Morgan fingerprint density at radius 1 is 1.32 bits per heavy atom. The van der Waals surface area contributed by atoms with Crippen LogP contribution >= 0.6 is 0 Å². The predicted octanol–water partition coefficient (Wildman–Crippen LogP) is 0.981. The summed E-state index contributed by atoms with van der Waals surface area (Å²) in [6.45, 7) is 3.49. The van der Waals surface area contributed by atoms with Crippen molar-refractivity contribution in [3.63, 3.8) is 0 Å². The first kappa shape index (κ1) is 14.7. The Balaban J connectivity index is 2.30. The predicted molar refractivity (Wildman–Crippen MR) is 65.6 cm³/mol. The fourth-order valence-corrected chi connectivity index (χ4v) is 1.19. The van der Waals surface area contributed by atoms with Crippen molar-refractivity contribution in [2.45, 2.75) is 20.3 Å². The van der Waals surface area contributed by atoms with E-state index in [1.54, 1.807) is 13.0 Å². The number of nitrogens with one attached hydrogen (secondary N) is 2. The van der Waals surface area contributed by atoms with E-state index in [0.29, 0.717) is 12.3 Å². The van der Waals surface area contributed by atoms with Gasteiger partial charge in [-0.25, -0.2) is 9.59 Å². The molecule has 0 saturated carbocycles.